The van der Waals surface area contributed by atoms with Gasteiger partial charge in [0.15, 0.2) is 0 Å². The van der Waals surface area contributed by atoms with E-state index in [0.717, 1.165) is 42.8 Å². The van der Waals surface area contributed by atoms with Crippen molar-refractivity contribution >= 4 is 23.2 Å². The summed E-state index contributed by atoms with van der Waals surface area (Å²) in [6, 6.07) is 11.1. The number of hydrogen-bond donors (Lipinski definition) is 1. The maximum absolute atomic E-state index is 12.6. The van der Waals surface area contributed by atoms with Gasteiger partial charge in [-0.25, -0.2) is 0 Å². The number of amides is 2. The third-order valence-electron chi connectivity index (χ3n) is 4.13. The van der Waals surface area contributed by atoms with Crippen LogP contribution >= 0.6 is 0 Å². The molecule has 2 amide bonds. The molecule has 0 aliphatic heterocycles. The standard InChI is InChI=1S/C19H17F3N2O2/c1-12(25)24(17-10-11-17)16-8-6-15(7-9-16)23-18(26)13-2-4-14(5-3-13)19(20,21)22/h2-9,17H,10-11H2,1H3,(H,23,26). The molecule has 2 aromatic carbocycles. The Balaban J connectivity index is 1.69. The lowest BCUT2D eigenvalue weighted by atomic mass is 10.1. The number of carbonyl (C=O) groups is 2. The van der Waals surface area contributed by atoms with Crippen molar-refractivity contribution in [1.82, 2.24) is 0 Å². The minimum atomic E-state index is -4.44. The number of anilines is 2. The minimum Gasteiger partial charge on any atom is -0.322 e. The number of benzene rings is 2. The van der Waals surface area contributed by atoms with Crippen molar-refractivity contribution in [1.29, 1.82) is 0 Å². The first-order chi connectivity index (χ1) is 12.3. The third kappa shape index (κ3) is 4.04. The summed E-state index contributed by atoms with van der Waals surface area (Å²) in [5.74, 6) is -0.536. The molecule has 1 N–H and O–H groups in total. The first-order valence-electron chi connectivity index (χ1n) is 8.14. The zero-order valence-electron chi connectivity index (χ0n) is 14.0. The van der Waals surface area contributed by atoms with Crippen LogP contribution in [0.1, 0.15) is 35.7 Å². The average molecular weight is 362 g/mol. The molecule has 4 nitrogen and oxygen atoms in total. The quantitative estimate of drug-likeness (QED) is 0.872. The smallest absolute Gasteiger partial charge is 0.322 e. The van der Waals surface area contributed by atoms with Gasteiger partial charge in [-0.15, -0.1) is 0 Å². The molecule has 1 fully saturated rings. The van der Waals surface area contributed by atoms with Crippen molar-refractivity contribution in [3.8, 4) is 0 Å². The molecular formula is C19H17F3N2O2. The Morgan fingerprint density at radius 1 is 1.00 bits per heavy atom. The third-order valence-corrected chi connectivity index (χ3v) is 4.13. The number of carbonyl (C=O) groups excluding carboxylic acids is 2. The lowest BCUT2D eigenvalue weighted by Crippen LogP contribution is -2.30. The Morgan fingerprint density at radius 3 is 2.04 bits per heavy atom. The number of alkyl halides is 3. The largest absolute Gasteiger partial charge is 0.416 e. The zero-order chi connectivity index (χ0) is 18.9. The second kappa shape index (κ2) is 6.82. The number of nitrogens with zero attached hydrogens (tertiary/aromatic N) is 1. The zero-order valence-corrected chi connectivity index (χ0v) is 14.0. The van der Waals surface area contributed by atoms with Crippen LogP contribution in [0.2, 0.25) is 0 Å². The SMILES string of the molecule is CC(=O)N(c1ccc(NC(=O)c2ccc(C(F)(F)F)cc2)cc1)C1CC1. The van der Waals surface area contributed by atoms with E-state index in [1.54, 1.807) is 29.2 Å². The van der Waals surface area contributed by atoms with Gasteiger partial charge in [-0.05, 0) is 61.4 Å². The van der Waals surface area contributed by atoms with Gasteiger partial charge in [0.2, 0.25) is 5.91 Å². The molecule has 1 saturated carbocycles. The molecule has 0 heterocycles. The summed E-state index contributed by atoms with van der Waals surface area (Å²) in [7, 11) is 0. The highest BCUT2D eigenvalue weighted by Crippen LogP contribution is 2.32. The summed E-state index contributed by atoms with van der Waals surface area (Å²) in [6.45, 7) is 1.51. The molecule has 1 aliphatic carbocycles. The van der Waals surface area contributed by atoms with Crippen molar-refractivity contribution in [2.24, 2.45) is 0 Å². The fourth-order valence-electron chi connectivity index (χ4n) is 2.70. The molecule has 1 aliphatic rings. The molecule has 0 saturated heterocycles. The van der Waals surface area contributed by atoms with E-state index in [2.05, 4.69) is 5.32 Å². The fourth-order valence-corrected chi connectivity index (χ4v) is 2.70. The van der Waals surface area contributed by atoms with E-state index < -0.39 is 17.6 Å². The van der Waals surface area contributed by atoms with Crippen LogP contribution in [0.15, 0.2) is 48.5 Å². The van der Waals surface area contributed by atoms with Crippen molar-refractivity contribution in [2.45, 2.75) is 32.0 Å². The van der Waals surface area contributed by atoms with Crippen LogP contribution < -0.4 is 10.2 Å². The second-order valence-corrected chi connectivity index (χ2v) is 6.20. The first-order valence-corrected chi connectivity index (χ1v) is 8.14. The van der Waals surface area contributed by atoms with Gasteiger partial charge in [0, 0.05) is 29.9 Å². The number of hydrogen-bond acceptors (Lipinski definition) is 2. The molecule has 0 spiro atoms. The topological polar surface area (TPSA) is 49.4 Å². The van der Waals surface area contributed by atoms with E-state index in [-0.39, 0.29) is 17.5 Å². The molecule has 26 heavy (non-hydrogen) atoms. The Hall–Kier alpha value is -2.83. The van der Waals surface area contributed by atoms with E-state index in [4.69, 9.17) is 0 Å². The van der Waals surface area contributed by atoms with Gasteiger partial charge < -0.3 is 10.2 Å². The first kappa shape index (κ1) is 18.0. The monoisotopic (exact) mass is 362 g/mol. The highest BCUT2D eigenvalue weighted by Gasteiger charge is 2.32. The highest BCUT2D eigenvalue weighted by atomic mass is 19.4. The Labute approximate surface area is 148 Å². The van der Waals surface area contributed by atoms with Gasteiger partial charge in [-0.1, -0.05) is 0 Å². The molecule has 0 radical (unpaired) electrons. The predicted molar refractivity (Wildman–Crippen MR) is 92.0 cm³/mol. The van der Waals surface area contributed by atoms with Gasteiger partial charge >= 0.3 is 6.18 Å². The summed E-state index contributed by atoms with van der Waals surface area (Å²) in [5.41, 5.74) is 0.582. The molecule has 0 bridgehead atoms. The molecule has 3 rings (SSSR count). The summed E-state index contributed by atoms with van der Waals surface area (Å²) < 4.78 is 37.7. The summed E-state index contributed by atoms with van der Waals surface area (Å²) >= 11 is 0. The molecular weight excluding hydrogens is 345 g/mol. The lowest BCUT2D eigenvalue weighted by molar-refractivity contribution is -0.137. The molecule has 7 heteroatoms. The van der Waals surface area contributed by atoms with E-state index in [0.29, 0.717) is 5.69 Å². The normalized spacial score (nSPS) is 14.0. The molecule has 0 aromatic heterocycles. The van der Waals surface area contributed by atoms with Crippen molar-refractivity contribution in [3.05, 3.63) is 59.7 Å². The van der Waals surface area contributed by atoms with Crippen molar-refractivity contribution in [2.75, 3.05) is 10.2 Å². The van der Waals surface area contributed by atoms with Crippen molar-refractivity contribution in [3.63, 3.8) is 0 Å². The van der Waals surface area contributed by atoms with Crippen LogP contribution in [-0.4, -0.2) is 17.9 Å². The minimum absolute atomic E-state index is 0.0333. The Morgan fingerprint density at radius 2 is 1.58 bits per heavy atom. The Kier molecular flexibility index (Phi) is 4.71. The van der Waals surface area contributed by atoms with Gasteiger partial charge in [0.05, 0.1) is 5.56 Å². The maximum Gasteiger partial charge on any atom is 0.416 e. The van der Waals surface area contributed by atoms with E-state index in [1.165, 1.54) is 6.92 Å². The number of nitrogens with one attached hydrogen (secondary N) is 1. The van der Waals surface area contributed by atoms with E-state index in [1.807, 2.05) is 0 Å². The van der Waals surface area contributed by atoms with E-state index >= 15 is 0 Å². The molecule has 2 aromatic rings. The van der Waals surface area contributed by atoms with Crippen molar-refractivity contribution < 1.29 is 22.8 Å². The summed E-state index contributed by atoms with van der Waals surface area (Å²) in [5, 5.41) is 2.63. The number of rotatable bonds is 4. The van der Waals surface area contributed by atoms with Crippen LogP contribution in [0.5, 0.6) is 0 Å². The summed E-state index contributed by atoms with van der Waals surface area (Å²) in [6.07, 6.45) is -2.48. The molecule has 0 unspecified atom stereocenters. The van der Waals surface area contributed by atoms with Crippen LogP contribution in [0.25, 0.3) is 0 Å². The lowest BCUT2D eigenvalue weighted by Gasteiger charge is -2.21. The predicted octanol–water partition coefficient (Wildman–Crippen LogP) is 4.47. The van der Waals surface area contributed by atoms with Gasteiger partial charge in [-0.3, -0.25) is 9.59 Å². The van der Waals surface area contributed by atoms with E-state index in [9.17, 15) is 22.8 Å². The maximum atomic E-state index is 12.6. The average Bonchev–Trinajstić information content (AvgIpc) is 3.40. The van der Waals surface area contributed by atoms with Gasteiger partial charge in [0.25, 0.3) is 5.91 Å². The van der Waals surface area contributed by atoms with Crippen LogP contribution in [0, 0.1) is 0 Å². The molecule has 0 atom stereocenters. The summed E-state index contributed by atoms with van der Waals surface area (Å²) in [4.78, 5) is 25.6. The van der Waals surface area contributed by atoms with Crippen LogP contribution in [0.3, 0.4) is 0 Å². The highest BCUT2D eigenvalue weighted by molar-refractivity contribution is 6.04. The van der Waals surface area contributed by atoms with Crippen LogP contribution in [-0.2, 0) is 11.0 Å². The van der Waals surface area contributed by atoms with Gasteiger partial charge in [0.1, 0.15) is 0 Å². The molecule has 136 valence electrons. The van der Waals surface area contributed by atoms with Crippen LogP contribution in [0.4, 0.5) is 24.5 Å². The number of halogens is 3. The second-order valence-electron chi connectivity index (χ2n) is 6.20. The van der Waals surface area contributed by atoms with Gasteiger partial charge in [-0.2, -0.15) is 13.2 Å². The Bertz CT molecular complexity index is 810. The fraction of sp³-hybridized carbons (Fsp3) is 0.263.